The van der Waals surface area contributed by atoms with Crippen molar-refractivity contribution in [3.8, 4) is 0 Å². The zero-order valence-electron chi connectivity index (χ0n) is 11.4. The van der Waals surface area contributed by atoms with Crippen LogP contribution in [0.1, 0.15) is 37.0 Å². The van der Waals surface area contributed by atoms with Crippen molar-refractivity contribution in [3.05, 3.63) is 40.4 Å². The van der Waals surface area contributed by atoms with Crippen molar-refractivity contribution in [2.45, 2.75) is 31.2 Å². The molecule has 4 nitrogen and oxygen atoms in total. The molecule has 3 rings (SSSR count). The average molecular weight is 293 g/mol. The van der Waals surface area contributed by atoms with E-state index in [2.05, 4.69) is 4.98 Å². The second-order valence-electron chi connectivity index (χ2n) is 5.12. The summed E-state index contributed by atoms with van der Waals surface area (Å²) < 4.78 is 7.16. The molecule has 1 saturated heterocycles. The van der Waals surface area contributed by atoms with Crippen molar-refractivity contribution in [1.29, 1.82) is 0 Å². The minimum absolute atomic E-state index is 0.00463. The summed E-state index contributed by atoms with van der Waals surface area (Å²) in [6.07, 6.45) is 1.66. The summed E-state index contributed by atoms with van der Waals surface area (Å²) in [5.74, 6) is 0.655. The van der Waals surface area contributed by atoms with Crippen molar-refractivity contribution in [1.82, 2.24) is 9.55 Å². The zero-order chi connectivity index (χ0) is 14.1. The highest BCUT2D eigenvalue weighted by molar-refractivity contribution is 6.20. The molecule has 0 spiro atoms. The summed E-state index contributed by atoms with van der Waals surface area (Å²) in [6.45, 7) is 3.22. The molecule has 1 atom stereocenters. The van der Waals surface area contributed by atoms with Crippen molar-refractivity contribution in [2.75, 3.05) is 13.2 Å². The number of aromatic nitrogens is 2. The number of alkyl halides is 1. The van der Waals surface area contributed by atoms with E-state index >= 15 is 0 Å². The highest BCUT2D eigenvalue weighted by Crippen LogP contribution is 2.26. The molecule has 1 fully saturated rings. The predicted octanol–water partition coefficient (Wildman–Crippen LogP) is 3.05. The summed E-state index contributed by atoms with van der Waals surface area (Å²) >= 11 is 6.25. The Hall–Kier alpha value is -1.39. The van der Waals surface area contributed by atoms with E-state index in [1.807, 2.05) is 31.2 Å². The fourth-order valence-corrected chi connectivity index (χ4v) is 2.89. The normalized spacial score (nSPS) is 18.3. The Balaban J connectivity index is 2.24. The lowest BCUT2D eigenvalue weighted by Crippen LogP contribution is -2.32. The summed E-state index contributed by atoms with van der Waals surface area (Å²) in [5, 5.41) is 0.357. The molecule has 1 aliphatic heterocycles. The van der Waals surface area contributed by atoms with E-state index < -0.39 is 0 Å². The van der Waals surface area contributed by atoms with Gasteiger partial charge in [0.1, 0.15) is 5.82 Å². The van der Waals surface area contributed by atoms with Crippen LogP contribution in [0.3, 0.4) is 0 Å². The van der Waals surface area contributed by atoms with E-state index in [4.69, 9.17) is 16.3 Å². The number of hydrogen-bond donors (Lipinski definition) is 0. The molecule has 2 aromatic rings. The fraction of sp³-hybridized carbons (Fsp3) is 0.467. The van der Waals surface area contributed by atoms with Crippen LogP contribution in [0.25, 0.3) is 10.9 Å². The Morgan fingerprint density at radius 3 is 2.75 bits per heavy atom. The van der Waals surface area contributed by atoms with Gasteiger partial charge in [-0.2, -0.15) is 0 Å². The molecular weight excluding hydrogens is 276 g/mol. The molecule has 0 N–H and O–H groups in total. The van der Waals surface area contributed by atoms with Crippen LogP contribution < -0.4 is 5.56 Å². The van der Waals surface area contributed by atoms with Crippen molar-refractivity contribution >= 4 is 22.5 Å². The van der Waals surface area contributed by atoms with Gasteiger partial charge in [-0.15, -0.1) is 11.6 Å². The number of halogens is 1. The molecule has 5 heteroatoms. The molecule has 0 radical (unpaired) electrons. The quantitative estimate of drug-likeness (QED) is 0.799. The third-order valence-electron chi connectivity index (χ3n) is 3.75. The SMILES string of the molecule is CC(Cl)c1nc2ccccc2c(=O)n1C1CCOCC1. The number of fused-ring (bicyclic) bond motifs is 1. The van der Waals surface area contributed by atoms with Crippen LogP contribution in [-0.2, 0) is 4.74 Å². The minimum atomic E-state index is -0.296. The minimum Gasteiger partial charge on any atom is -0.381 e. The van der Waals surface area contributed by atoms with Gasteiger partial charge in [0.15, 0.2) is 0 Å². The fourth-order valence-electron chi connectivity index (χ4n) is 2.74. The molecule has 0 bridgehead atoms. The number of rotatable bonds is 2. The number of hydrogen-bond acceptors (Lipinski definition) is 3. The molecule has 20 heavy (non-hydrogen) atoms. The van der Waals surface area contributed by atoms with Gasteiger partial charge < -0.3 is 4.74 Å². The Morgan fingerprint density at radius 1 is 1.35 bits per heavy atom. The Morgan fingerprint density at radius 2 is 2.05 bits per heavy atom. The number of para-hydroxylation sites is 1. The molecule has 106 valence electrons. The van der Waals surface area contributed by atoms with Gasteiger partial charge in [-0.3, -0.25) is 9.36 Å². The number of ether oxygens (including phenoxy) is 1. The predicted molar refractivity (Wildman–Crippen MR) is 79.4 cm³/mol. The summed E-state index contributed by atoms with van der Waals surface area (Å²) in [4.78, 5) is 17.4. The maximum Gasteiger partial charge on any atom is 0.261 e. The molecule has 1 aromatic carbocycles. The molecular formula is C15H17ClN2O2. The van der Waals surface area contributed by atoms with Gasteiger partial charge >= 0.3 is 0 Å². The second kappa shape index (κ2) is 5.54. The van der Waals surface area contributed by atoms with Gasteiger partial charge in [-0.1, -0.05) is 12.1 Å². The molecule has 1 aromatic heterocycles. The largest absolute Gasteiger partial charge is 0.381 e. The molecule has 1 aliphatic rings. The van der Waals surface area contributed by atoms with Gasteiger partial charge in [-0.25, -0.2) is 4.98 Å². The molecule has 1 unspecified atom stereocenters. The second-order valence-corrected chi connectivity index (χ2v) is 5.78. The number of nitrogens with zero attached hydrogens (tertiary/aromatic N) is 2. The molecule has 0 amide bonds. The molecule has 0 saturated carbocycles. The maximum atomic E-state index is 12.8. The van der Waals surface area contributed by atoms with E-state index in [9.17, 15) is 4.79 Å². The lowest BCUT2D eigenvalue weighted by molar-refractivity contribution is 0.0677. The van der Waals surface area contributed by atoms with E-state index in [-0.39, 0.29) is 17.0 Å². The first-order valence-electron chi connectivity index (χ1n) is 6.91. The van der Waals surface area contributed by atoms with Crippen LogP contribution in [-0.4, -0.2) is 22.8 Å². The van der Waals surface area contributed by atoms with Crippen molar-refractivity contribution in [3.63, 3.8) is 0 Å². The monoisotopic (exact) mass is 292 g/mol. The van der Waals surface area contributed by atoms with Crippen LogP contribution >= 0.6 is 11.6 Å². The first-order valence-corrected chi connectivity index (χ1v) is 7.35. The highest BCUT2D eigenvalue weighted by Gasteiger charge is 2.23. The third kappa shape index (κ3) is 2.34. The smallest absolute Gasteiger partial charge is 0.261 e. The van der Waals surface area contributed by atoms with Gasteiger partial charge in [0, 0.05) is 19.3 Å². The van der Waals surface area contributed by atoms with Gasteiger partial charge in [-0.05, 0) is 31.9 Å². The average Bonchev–Trinajstić information content (AvgIpc) is 2.48. The Bertz CT molecular complexity index is 675. The highest BCUT2D eigenvalue weighted by atomic mass is 35.5. The molecule has 2 heterocycles. The Kier molecular flexibility index (Phi) is 3.76. The first-order chi connectivity index (χ1) is 9.68. The maximum absolute atomic E-state index is 12.8. The van der Waals surface area contributed by atoms with Crippen LogP contribution in [0.15, 0.2) is 29.1 Å². The van der Waals surface area contributed by atoms with Gasteiger partial charge in [0.2, 0.25) is 0 Å². The third-order valence-corrected chi connectivity index (χ3v) is 3.94. The summed E-state index contributed by atoms with van der Waals surface area (Å²) in [7, 11) is 0. The van der Waals surface area contributed by atoms with Crippen molar-refractivity contribution < 1.29 is 4.74 Å². The van der Waals surface area contributed by atoms with Crippen LogP contribution in [0.2, 0.25) is 0 Å². The summed E-state index contributed by atoms with van der Waals surface area (Å²) in [6, 6.07) is 7.56. The number of benzene rings is 1. The van der Waals surface area contributed by atoms with Gasteiger partial charge in [0.25, 0.3) is 5.56 Å². The molecule has 0 aliphatic carbocycles. The van der Waals surface area contributed by atoms with Crippen LogP contribution in [0.4, 0.5) is 0 Å². The summed E-state index contributed by atoms with van der Waals surface area (Å²) in [5.41, 5.74) is 0.716. The van der Waals surface area contributed by atoms with E-state index in [0.717, 1.165) is 12.8 Å². The lowest BCUT2D eigenvalue weighted by Gasteiger charge is -2.27. The van der Waals surface area contributed by atoms with E-state index in [0.29, 0.717) is 29.9 Å². The van der Waals surface area contributed by atoms with Crippen LogP contribution in [0.5, 0.6) is 0 Å². The topological polar surface area (TPSA) is 44.1 Å². The van der Waals surface area contributed by atoms with Crippen LogP contribution in [0, 0.1) is 0 Å². The Labute approximate surface area is 122 Å². The van der Waals surface area contributed by atoms with Crippen molar-refractivity contribution in [2.24, 2.45) is 0 Å². The first kappa shape index (κ1) is 13.6. The van der Waals surface area contributed by atoms with E-state index in [1.54, 1.807) is 4.57 Å². The standard InChI is InChI=1S/C15H17ClN2O2/c1-10(16)14-17-13-5-3-2-4-12(13)15(19)18(14)11-6-8-20-9-7-11/h2-5,10-11H,6-9H2,1H3. The van der Waals surface area contributed by atoms with E-state index in [1.165, 1.54) is 0 Å². The zero-order valence-corrected chi connectivity index (χ0v) is 12.1. The van der Waals surface area contributed by atoms with Gasteiger partial charge in [0.05, 0.1) is 16.3 Å². The lowest BCUT2D eigenvalue weighted by atomic mass is 10.1.